The van der Waals surface area contributed by atoms with Gasteiger partial charge in [-0.3, -0.25) is 9.59 Å². The number of hydrogen-bond acceptors (Lipinski definition) is 10. The molecule has 3 heterocycles. The van der Waals surface area contributed by atoms with Gasteiger partial charge in [0.1, 0.15) is 17.7 Å². The number of aliphatic hydroxyl groups is 4. The summed E-state index contributed by atoms with van der Waals surface area (Å²) in [6.07, 6.45) is 11.6. The van der Waals surface area contributed by atoms with E-state index in [1.54, 1.807) is 47.6 Å². The quantitative estimate of drug-likeness (QED) is 0.233. The third kappa shape index (κ3) is 12.1. The number of carbonyl (C=O) groups is 3. The number of Topliss-reactive ketones (excluding diaryl/α,β-unsaturated/α-hetero) is 2. The Balaban J connectivity index is 1.93. The predicted octanol–water partition coefficient (Wildman–Crippen LogP) is 6.52. The highest BCUT2D eigenvalue weighted by atomic mass is 16.7. The number of allylic oxidation sites excluding steroid dienone is 4. The van der Waals surface area contributed by atoms with Crippen molar-refractivity contribution in [1.29, 1.82) is 0 Å². The van der Waals surface area contributed by atoms with Gasteiger partial charge in [-0.25, -0.2) is 4.79 Å². The van der Waals surface area contributed by atoms with E-state index in [0.717, 1.165) is 25.7 Å². The average molecular weight is 761 g/mol. The number of esters is 1. The van der Waals surface area contributed by atoms with Gasteiger partial charge in [-0.2, -0.15) is 0 Å². The third-order valence-electron chi connectivity index (χ3n) is 12.9. The van der Waals surface area contributed by atoms with Crippen molar-refractivity contribution in [1.82, 2.24) is 0 Å². The molecule has 0 amide bonds. The van der Waals surface area contributed by atoms with Crippen LogP contribution >= 0.6 is 0 Å². The van der Waals surface area contributed by atoms with Gasteiger partial charge in [0, 0.05) is 54.4 Å². The molecular formula is C44H72O10. The maximum absolute atomic E-state index is 13.5. The first-order valence-corrected chi connectivity index (χ1v) is 20.7. The molecule has 2 fully saturated rings. The van der Waals surface area contributed by atoms with Crippen molar-refractivity contribution < 1.29 is 49.0 Å². The number of rotatable bonds is 3. The van der Waals surface area contributed by atoms with Gasteiger partial charge < -0.3 is 34.6 Å². The van der Waals surface area contributed by atoms with Crippen LogP contribution in [0.2, 0.25) is 0 Å². The van der Waals surface area contributed by atoms with E-state index in [4.69, 9.17) is 14.2 Å². The van der Waals surface area contributed by atoms with Gasteiger partial charge in [0.05, 0.1) is 36.6 Å². The molecule has 3 aliphatic rings. The highest BCUT2D eigenvalue weighted by molar-refractivity contribution is 5.87. The van der Waals surface area contributed by atoms with Gasteiger partial charge in [-0.1, -0.05) is 92.7 Å². The van der Waals surface area contributed by atoms with E-state index in [1.807, 2.05) is 32.1 Å². The van der Waals surface area contributed by atoms with Gasteiger partial charge in [0.25, 0.3) is 0 Å². The van der Waals surface area contributed by atoms with Crippen molar-refractivity contribution in [3.05, 3.63) is 36.5 Å². The molecule has 2 saturated heterocycles. The molecule has 3 aliphatic heterocycles. The second-order valence-corrected chi connectivity index (χ2v) is 17.3. The molecule has 17 atom stereocenters. The molecule has 0 aromatic heterocycles. The van der Waals surface area contributed by atoms with Crippen LogP contribution in [0.4, 0.5) is 0 Å². The Morgan fingerprint density at radius 3 is 1.98 bits per heavy atom. The molecule has 308 valence electrons. The van der Waals surface area contributed by atoms with Crippen molar-refractivity contribution >= 4 is 17.5 Å². The molecule has 0 unspecified atom stereocenters. The average Bonchev–Trinajstić information content (AvgIpc) is 3.14. The van der Waals surface area contributed by atoms with E-state index in [-0.39, 0.29) is 41.7 Å². The highest BCUT2D eigenvalue weighted by Gasteiger charge is 2.51. The second kappa shape index (κ2) is 20.8. The fourth-order valence-electron chi connectivity index (χ4n) is 8.54. The molecule has 2 bridgehead atoms. The van der Waals surface area contributed by atoms with E-state index in [0.29, 0.717) is 25.7 Å². The molecule has 0 aromatic rings. The SMILES string of the molecule is CC[C@H]1/C=C/C=C/C[C@@H](C)[C@H](O)[C@H](C)C(=O)[C@@H](C)[C@H](O)[C@@H](C)C(=O)[C@@H](C)[C@@H](O)[C@@H](C)/C=C/C(=O)O[C@H]2C[C@@]3(CC[C@H](C)[C@H](C[C@@H](C)O)O3)O[C@@H](CC1)[C@H]2C. The first kappa shape index (κ1) is 46.2. The Labute approximate surface area is 324 Å². The minimum atomic E-state index is -1.30. The Bertz CT molecular complexity index is 1310. The molecule has 0 saturated carbocycles. The van der Waals surface area contributed by atoms with Crippen LogP contribution in [0.15, 0.2) is 36.5 Å². The van der Waals surface area contributed by atoms with Crippen LogP contribution in [-0.4, -0.2) is 86.5 Å². The maximum Gasteiger partial charge on any atom is 0.330 e. The van der Waals surface area contributed by atoms with E-state index < -0.39 is 77.6 Å². The number of ketones is 2. The number of carbonyl (C=O) groups excluding carboxylic acids is 3. The van der Waals surface area contributed by atoms with Gasteiger partial charge in [-0.05, 0) is 63.2 Å². The zero-order valence-corrected chi connectivity index (χ0v) is 34.6. The second-order valence-electron chi connectivity index (χ2n) is 17.3. The van der Waals surface area contributed by atoms with Crippen molar-refractivity contribution in [3.63, 3.8) is 0 Å². The Morgan fingerprint density at radius 1 is 0.759 bits per heavy atom. The van der Waals surface area contributed by atoms with E-state index in [9.17, 15) is 34.8 Å². The molecule has 54 heavy (non-hydrogen) atoms. The normalized spacial score (nSPS) is 45.3. The van der Waals surface area contributed by atoms with E-state index >= 15 is 0 Å². The number of fused-ring (bicyclic) bond motifs is 2. The standard InChI is InChI=1S/C44H72O10/c1-11-34-16-14-12-13-15-26(3)39(47)30(7)41(49)32(9)43(51)33(10)42(50)31(8)40(48)27(4)17-20-38(46)52-37-24-44(53-35(19-18-34)29(37)6)22-21-25(2)36(54-44)23-28(5)45/h12-14,16-17,20,25-37,39-40,43,45,47-48,51H,11,15,18-19,21-24H2,1-10H3/b13-12+,16-14+,20-17+/t25-,26+,27-,28+,29+,30-,31-,32+,33-,34-,35-,36-,37-,39-,40-,43-,44-/m0/s1. The molecule has 0 aliphatic carbocycles. The molecular weight excluding hydrogens is 688 g/mol. The summed E-state index contributed by atoms with van der Waals surface area (Å²) in [6.45, 7) is 18.1. The number of hydrogen-bond donors (Lipinski definition) is 4. The van der Waals surface area contributed by atoms with E-state index in [1.165, 1.54) is 6.08 Å². The summed E-state index contributed by atoms with van der Waals surface area (Å²) in [4.78, 5) is 40.2. The summed E-state index contributed by atoms with van der Waals surface area (Å²) in [5.41, 5.74) is 0. The largest absolute Gasteiger partial charge is 0.459 e. The Morgan fingerprint density at radius 2 is 1.37 bits per heavy atom. The van der Waals surface area contributed by atoms with Crippen LogP contribution in [0.3, 0.4) is 0 Å². The topological polar surface area (TPSA) is 160 Å². The lowest BCUT2D eigenvalue weighted by atomic mass is 9.77. The summed E-state index contributed by atoms with van der Waals surface area (Å²) in [5.74, 6) is -6.12. The molecule has 4 N–H and O–H groups in total. The fourth-order valence-corrected chi connectivity index (χ4v) is 8.54. The van der Waals surface area contributed by atoms with Gasteiger partial charge in [0.15, 0.2) is 5.79 Å². The fraction of sp³-hybridized carbons (Fsp3) is 0.795. The van der Waals surface area contributed by atoms with Crippen LogP contribution in [-0.2, 0) is 28.6 Å². The molecule has 0 aromatic carbocycles. The van der Waals surface area contributed by atoms with Gasteiger partial charge >= 0.3 is 5.97 Å². The highest BCUT2D eigenvalue weighted by Crippen LogP contribution is 2.46. The van der Waals surface area contributed by atoms with Crippen LogP contribution in [0, 0.1) is 53.3 Å². The minimum absolute atomic E-state index is 0.121. The van der Waals surface area contributed by atoms with Crippen molar-refractivity contribution in [2.75, 3.05) is 0 Å². The maximum atomic E-state index is 13.5. The van der Waals surface area contributed by atoms with E-state index in [2.05, 4.69) is 19.9 Å². The minimum Gasteiger partial charge on any atom is -0.459 e. The van der Waals surface area contributed by atoms with Crippen molar-refractivity contribution in [3.8, 4) is 0 Å². The molecule has 0 radical (unpaired) electrons. The van der Waals surface area contributed by atoms with Crippen molar-refractivity contribution in [2.24, 2.45) is 53.3 Å². The van der Waals surface area contributed by atoms with Gasteiger partial charge in [-0.15, -0.1) is 0 Å². The lowest BCUT2D eigenvalue weighted by molar-refractivity contribution is -0.347. The molecule has 1 spiro atoms. The molecule has 3 rings (SSSR count). The lowest BCUT2D eigenvalue weighted by Gasteiger charge is -2.52. The zero-order valence-electron chi connectivity index (χ0n) is 34.6. The summed E-state index contributed by atoms with van der Waals surface area (Å²) in [7, 11) is 0. The Hall–Kier alpha value is -2.21. The summed E-state index contributed by atoms with van der Waals surface area (Å²) in [6, 6.07) is 0. The third-order valence-corrected chi connectivity index (χ3v) is 12.9. The zero-order chi connectivity index (χ0) is 40.5. The predicted molar refractivity (Wildman–Crippen MR) is 209 cm³/mol. The van der Waals surface area contributed by atoms with Crippen molar-refractivity contribution in [2.45, 2.75) is 169 Å². The number of ether oxygens (including phenoxy) is 3. The monoisotopic (exact) mass is 761 g/mol. The van der Waals surface area contributed by atoms with Crippen LogP contribution in [0.5, 0.6) is 0 Å². The summed E-state index contributed by atoms with van der Waals surface area (Å²) < 4.78 is 19.7. The van der Waals surface area contributed by atoms with Gasteiger partial charge in [0.2, 0.25) is 0 Å². The Kier molecular flexibility index (Phi) is 17.8. The lowest BCUT2D eigenvalue weighted by Crippen LogP contribution is -2.57. The first-order chi connectivity index (χ1) is 25.3. The summed E-state index contributed by atoms with van der Waals surface area (Å²) in [5, 5.41) is 43.6. The molecule has 10 nitrogen and oxygen atoms in total. The first-order valence-electron chi connectivity index (χ1n) is 20.7. The van der Waals surface area contributed by atoms with Crippen LogP contribution in [0.25, 0.3) is 0 Å². The summed E-state index contributed by atoms with van der Waals surface area (Å²) >= 11 is 0. The van der Waals surface area contributed by atoms with Crippen LogP contribution < -0.4 is 0 Å². The molecule has 10 heteroatoms. The van der Waals surface area contributed by atoms with Crippen LogP contribution in [0.1, 0.15) is 121 Å². The smallest absolute Gasteiger partial charge is 0.330 e. The number of aliphatic hydroxyl groups excluding tert-OH is 4.